The molecule has 0 bridgehead atoms. The highest BCUT2D eigenvalue weighted by Gasteiger charge is 2.47. The fourth-order valence-corrected chi connectivity index (χ4v) is 5.78. The standard InChI is InChI=1S/C28H35FN4OS/c1-20-10-11-22(18-30-20)27(3,4)33-17-16-28(19-33,15-14-24-12-13-25(29)35-24)21(2)31-26(34)32-23-8-6-5-7-9-23/h5-13,18,21H,14-17,19H2,1-4H3,(H2,31,32,34)/t21-,28?/m0/s1. The third-order valence-corrected chi connectivity index (χ3v) is 8.52. The number of rotatable bonds is 8. The number of halogens is 1. The molecule has 4 rings (SSSR count). The maximum atomic E-state index is 13.6. The van der Waals surface area contributed by atoms with Crippen molar-refractivity contribution in [2.75, 3.05) is 18.4 Å². The molecule has 1 saturated heterocycles. The van der Waals surface area contributed by atoms with Crippen molar-refractivity contribution in [1.29, 1.82) is 0 Å². The van der Waals surface area contributed by atoms with Gasteiger partial charge in [0.05, 0.1) is 0 Å². The number of urea groups is 1. The molecule has 1 aromatic carbocycles. The third kappa shape index (κ3) is 5.90. The van der Waals surface area contributed by atoms with Crippen LogP contribution in [0.25, 0.3) is 0 Å². The fourth-order valence-electron chi connectivity index (χ4n) is 5.06. The van der Waals surface area contributed by atoms with E-state index in [2.05, 4.69) is 53.4 Å². The van der Waals surface area contributed by atoms with Gasteiger partial charge in [0, 0.05) is 46.0 Å². The minimum Gasteiger partial charge on any atom is -0.335 e. The molecular formula is C28H35FN4OS. The summed E-state index contributed by atoms with van der Waals surface area (Å²) in [4.78, 5) is 20.9. The first-order valence-electron chi connectivity index (χ1n) is 12.2. The number of hydrogen-bond donors (Lipinski definition) is 2. The Morgan fingerprint density at radius 3 is 2.63 bits per heavy atom. The fraction of sp³-hybridized carbons (Fsp3) is 0.429. The smallest absolute Gasteiger partial charge is 0.319 e. The third-order valence-electron chi connectivity index (χ3n) is 7.59. The van der Waals surface area contributed by atoms with Gasteiger partial charge in [0.25, 0.3) is 0 Å². The highest BCUT2D eigenvalue weighted by molar-refractivity contribution is 7.10. The van der Waals surface area contributed by atoms with Crippen LogP contribution in [0.15, 0.2) is 60.8 Å². The highest BCUT2D eigenvalue weighted by atomic mass is 32.1. The van der Waals surface area contributed by atoms with Gasteiger partial charge < -0.3 is 10.6 Å². The molecule has 1 aliphatic heterocycles. The zero-order valence-electron chi connectivity index (χ0n) is 21.0. The number of anilines is 1. The number of nitrogens with zero attached hydrogens (tertiary/aromatic N) is 2. The SMILES string of the molecule is Cc1ccc(C(C)(C)N2CCC(CCc3ccc(F)s3)([C@H](C)NC(=O)Nc3ccccc3)C2)cn1. The summed E-state index contributed by atoms with van der Waals surface area (Å²) >= 11 is 1.21. The molecule has 0 spiro atoms. The van der Waals surface area contributed by atoms with Gasteiger partial charge in [0.15, 0.2) is 5.13 Å². The van der Waals surface area contributed by atoms with Gasteiger partial charge in [-0.15, -0.1) is 11.3 Å². The number of pyridine rings is 1. The van der Waals surface area contributed by atoms with E-state index < -0.39 is 0 Å². The van der Waals surface area contributed by atoms with Crippen LogP contribution in [0.2, 0.25) is 0 Å². The summed E-state index contributed by atoms with van der Waals surface area (Å²) in [5, 5.41) is 6.01. The van der Waals surface area contributed by atoms with E-state index in [1.54, 1.807) is 0 Å². The molecule has 2 atom stereocenters. The predicted octanol–water partition coefficient (Wildman–Crippen LogP) is 6.36. The molecule has 186 valence electrons. The lowest BCUT2D eigenvalue weighted by molar-refractivity contribution is 0.113. The van der Waals surface area contributed by atoms with Gasteiger partial charge in [-0.25, -0.2) is 4.79 Å². The van der Waals surface area contributed by atoms with E-state index >= 15 is 0 Å². The second kappa shape index (κ2) is 10.5. The zero-order chi connectivity index (χ0) is 25.1. The Morgan fingerprint density at radius 2 is 1.97 bits per heavy atom. The second-order valence-electron chi connectivity index (χ2n) is 10.2. The molecule has 2 N–H and O–H groups in total. The average molecular weight is 495 g/mol. The van der Waals surface area contributed by atoms with Crippen LogP contribution in [0.1, 0.15) is 49.7 Å². The first-order valence-corrected chi connectivity index (χ1v) is 13.0. The molecule has 5 nitrogen and oxygen atoms in total. The number of nitrogens with one attached hydrogen (secondary N) is 2. The number of hydrogen-bond acceptors (Lipinski definition) is 4. The number of aryl methyl sites for hydroxylation is 2. The van der Waals surface area contributed by atoms with Crippen LogP contribution in [0, 0.1) is 17.5 Å². The topological polar surface area (TPSA) is 57.3 Å². The quantitative estimate of drug-likeness (QED) is 0.383. The Bertz CT molecular complexity index is 1130. The minimum atomic E-state index is -0.203. The van der Waals surface area contributed by atoms with Gasteiger partial charge in [-0.3, -0.25) is 9.88 Å². The Kier molecular flexibility index (Phi) is 7.57. The van der Waals surface area contributed by atoms with E-state index in [1.807, 2.05) is 49.5 Å². The first kappa shape index (κ1) is 25.3. The van der Waals surface area contributed by atoms with E-state index in [0.717, 1.165) is 48.6 Å². The lowest BCUT2D eigenvalue weighted by atomic mass is 9.75. The molecule has 2 amide bonds. The highest BCUT2D eigenvalue weighted by Crippen LogP contribution is 2.44. The summed E-state index contributed by atoms with van der Waals surface area (Å²) in [6.45, 7) is 10.3. The molecule has 0 saturated carbocycles. The second-order valence-corrected chi connectivity index (χ2v) is 11.3. The Hall–Kier alpha value is -2.77. The van der Waals surface area contributed by atoms with Crippen molar-refractivity contribution in [2.45, 2.75) is 58.5 Å². The molecule has 3 heterocycles. The maximum Gasteiger partial charge on any atom is 0.319 e. The monoisotopic (exact) mass is 494 g/mol. The van der Waals surface area contributed by atoms with Crippen molar-refractivity contribution in [3.63, 3.8) is 0 Å². The van der Waals surface area contributed by atoms with Crippen molar-refractivity contribution >= 4 is 23.1 Å². The Labute approximate surface area is 211 Å². The maximum absolute atomic E-state index is 13.6. The van der Waals surface area contributed by atoms with Crippen LogP contribution >= 0.6 is 11.3 Å². The van der Waals surface area contributed by atoms with Gasteiger partial charge in [-0.1, -0.05) is 24.3 Å². The first-order chi connectivity index (χ1) is 16.7. The van der Waals surface area contributed by atoms with Crippen molar-refractivity contribution in [3.8, 4) is 0 Å². The van der Waals surface area contributed by atoms with Gasteiger partial charge in [0.1, 0.15) is 0 Å². The van der Waals surface area contributed by atoms with Gasteiger partial charge in [-0.2, -0.15) is 4.39 Å². The van der Waals surface area contributed by atoms with Crippen LogP contribution in [0.3, 0.4) is 0 Å². The molecule has 1 unspecified atom stereocenters. The number of para-hydroxylation sites is 1. The van der Waals surface area contributed by atoms with Gasteiger partial charge in [-0.05, 0) is 89.4 Å². The van der Waals surface area contributed by atoms with Crippen LogP contribution in [0.5, 0.6) is 0 Å². The largest absolute Gasteiger partial charge is 0.335 e. The summed E-state index contributed by atoms with van der Waals surface area (Å²) < 4.78 is 13.6. The summed E-state index contributed by atoms with van der Waals surface area (Å²) in [6.07, 6.45) is 4.59. The van der Waals surface area contributed by atoms with Crippen LogP contribution in [-0.2, 0) is 12.0 Å². The lowest BCUT2D eigenvalue weighted by Crippen LogP contribution is -2.50. The van der Waals surface area contributed by atoms with Crippen molar-refractivity contribution in [1.82, 2.24) is 15.2 Å². The molecule has 0 radical (unpaired) electrons. The molecule has 35 heavy (non-hydrogen) atoms. The number of aromatic nitrogens is 1. The zero-order valence-corrected chi connectivity index (χ0v) is 21.8. The molecular weight excluding hydrogens is 459 g/mol. The van der Waals surface area contributed by atoms with E-state index in [4.69, 9.17) is 0 Å². The molecule has 2 aromatic heterocycles. The number of carbonyl (C=O) groups excluding carboxylic acids is 1. The summed E-state index contributed by atoms with van der Waals surface area (Å²) in [7, 11) is 0. The van der Waals surface area contributed by atoms with Gasteiger partial charge >= 0.3 is 6.03 Å². The molecule has 1 fully saturated rings. The van der Waals surface area contributed by atoms with Crippen LogP contribution in [0.4, 0.5) is 14.9 Å². The summed E-state index contributed by atoms with van der Waals surface area (Å²) in [5.74, 6) is 0. The van der Waals surface area contributed by atoms with Crippen LogP contribution < -0.4 is 10.6 Å². The number of thiophene rings is 1. The van der Waals surface area contributed by atoms with E-state index in [-0.39, 0.29) is 28.2 Å². The number of carbonyl (C=O) groups is 1. The van der Waals surface area contributed by atoms with Crippen molar-refractivity contribution in [2.24, 2.45) is 5.41 Å². The van der Waals surface area contributed by atoms with E-state index in [1.165, 1.54) is 23.0 Å². The molecule has 3 aromatic rings. The minimum absolute atomic E-state index is 0.0621. The predicted molar refractivity (Wildman–Crippen MR) is 141 cm³/mol. The lowest BCUT2D eigenvalue weighted by Gasteiger charge is -2.40. The average Bonchev–Trinajstić information content (AvgIpc) is 3.46. The summed E-state index contributed by atoms with van der Waals surface area (Å²) in [6, 6.07) is 16.8. The molecule has 7 heteroatoms. The number of amides is 2. The van der Waals surface area contributed by atoms with Crippen molar-refractivity contribution in [3.05, 3.63) is 82.1 Å². The van der Waals surface area contributed by atoms with Gasteiger partial charge in [0.2, 0.25) is 0 Å². The summed E-state index contributed by atoms with van der Waals surface area (Å²) in [5.41, 5.74) is 2.63. The van der Waals surface area contributed by atoms with Crippen molar-refractivity contribution < 1.29 is 9.18 Å². The molecule has 1 aliphatic rings. The number of benzene rings is 1. The van der Waals surface area contributed by atoms with Crippen LogP contribution in [-0.4, -0.2) is 35.0 Å². The Balaban J connectivity index is 1.52. The Morgan fingerprint density at radius 1 is 1.20 bits per heavy atom. The normalized spacial score (nSPS) is 19.5. The molecule has 0 aliphatic carbocycles. The van der Waals surface area contributed by atoms with E-state index in [0.29, 0.717) is 0 Å². The number of likely N-dealkylation sites (tertiary alicyclic amines) is 1. The van der Waals surface area contributed by atoms with E-state index in [9.17, 15) is 9.18 Å².